The van der Waals surface area contributed by atoms with E-state index in [1.165, 1.54) is 11.3 Å². The first kappa shape index (κ1) is 16.5. The standard InChI is InChI=1S/C19H15N3O3S/c1-11-15-17(21-14-6-3-7-22(14)18(15)23)26-16(11)19(24)25-10-13-5-2-4-12(8-13)9-20/h2,4-5,8H,3,6-7,10H2,1H3. The molecule has 0 fully saturated rings. The molecule has 1 aliphatic heterocycles. The molecule has 2 aromatic heterocycles. The average Bonchev–Trinajstić information content (AvgIpc) is 3.25. The number of esters is 1. The molecule has 0 atom stereocenters. The zero-order valence-electron chi connectivity index (χ0n) is 14.1. The molecule has 0 unspecified atom stereocenters. The number of carbonyl (C=O) groups excluding carboxylic acids is 1. The summed E-state index contributed by atoms with van der Waals surface area (Å²) in [6.07, 6.45) is 1.71. The predicted molar refractivity (Wildman–Crippen MR) is 97.2 cm³/mol. The third-order valence-corrected chi connectivity index (χ3v) is 5.69. The van der Waals surface area contributed by atoms with E-state index in [4.69, 9.17) is 10.00 Å². The number of hydrogen-bond donors (Lipinski definition) is 0. The largest absolute Gasteiger partial charge is 0.457 e. The maximum atomic E-state index is 12.7. The van der Waals surface area contributed by atoms with Crippen LogP contribution in [0.1, 0.15) is 38.6 Å². The number of nitrogens with zero attached hydrogens (tertiary/aromatic N) is 3. The van der Waals surface area contributed by atoms with E-state index in [-0.39, 0.29) is 12.2 Å². The number of aryl methyl sites for hydroxylation is 2. The number of fused-ring (bicyclic) bond motifs is 2. The van der Waals surface area contributed by atoms with E-state index in [0.717, 1.165) is 24.2 Å². The third kappa shape index (κ3) is 2.68. The van der Waals surface area contributed by atoms with Crippen LogP contribution in [-0.4, -0.2) is 15.5 Å². The number of rotatable bonds is 3. The first-order chi connectivity index (χ1) is 12.6. The highest BCUT2D eigenvalue weighted by Gasteiger charge is 2.24. The first-order valence-corrected chi connectivity index (χ1v) is 9.09. The van der Waals surface area contributed by atoms with Gasteiger partial charge in [0.25, 0.3) is 5.56 Å². The van der Waals surface area contributed by atoms with Crippen LogP contribution in [0.15, 0.2) is 29.1 Å². The van der Waals surface area contributed by atoms with Crippen molar-refractivity contribution in [2.24, 2.45) is 0 Å². The highest BCUT2D eigenvalue weighted by Crippen LogP contribution is 2.29. The van der Waals surface area contributed by atoms with Crippen LogP contribution in [0.4, 0.5) is 0 Å². The van der Waals surface area contributed by atoms with Gasteiger partial charge >= 0.3 is 5.97 Å². The van der Waals surface area contributed by atoms with Crippen LogP contribution < -0.4 is 5.56 Å². The van der Waals surface area contributed by atoms with Crippen molar-refractivity contribution in [1.82, 2.24) is 9.55 Å². The normalized spacial score (nSPS) is 12.8. The van der Waals surface area contributed by atoms with E-state index in [1.807, 2.05) is 0 Å². The smallest absolute Gasteiger partial charge is 0.349 e. The Morgan fingerprint density at radius 1 is 1.46 bits per heavy atom. The molecule has 1 aromatic carbocycles. The molecular formula is C19H15N3O3S. The lowest BCUT2D eigenvalue weighted by atomic mass is 10.1. The highest BCUT2D eigenvalue weighted by molar-refractivity contribution is 7.20. The molecule has 0 aliphatic carbocycles. The fraction of sp³-hybridized carbons (Fsp3) is 0.263. The summed E-state index contributed by atoms with van der Waals surface area (Å²) in [6.45, 7) is 2.52. The average molecular weight is 365 g/mol. The molecular weight excluding hydrogens is 350 g/mol. The molecule has 0 bridgehead atoms. The minimum absolute atomic E-state index is 0.0722. The molecule has 130 valence electrons. The summed E-state index contributed by atoms with van der Waals surface area (Å²) >= 11 is 1.20. The minimum atomic E-state index is -0.475. The van der Waals surface area contributed by atoms with Crippen LogP contribution in [-0.2, 0) is 24.3 Å². The molecule has 6 nitrogen and oxygen atoms in total. The van der Waals surface area contributed by atoms with Crippen LogP contribution >= 0.6 is 11.3 Å². The van der Waals surface area contributed by atoms with Gasteiger partial charge in [-0.3, -0.25) is 9.36 Å². The summed E-state index contributed by atoms with van der Waals surface area (Å²) < 4.78 is 7.09. The summed E-state index contributed by atoms with van der Waals surface area (Å²) in [6, 6.07) is 8.98. The second kappa shape index (κ2) is 6.39. The van der Waals surface area contributed by atoms with Crippen LogP contribution in [0.25, 0.3) is 10.2 Å². The number of ether oxygens (including phenoxy) is 1. The molecule has 0 N–H and O–H groups in total. The summed E-state index contributed by atoms with van der Waals surface area (Å²) in [4.78, 5) is 30.8. The fourth-order valence-corrected chi connectivity index (χ4v) is 4.30. The Bertz CT molecular complexity index is 1140. The Balaban J connectivity index is 1.63. The number of benzene rings is 1. The van der Waals surface area contributed by atoms with Crippen molar-refractivity contribution in [3.63, 3.8) is 0 Å². The molecule has 0 spiro atoms. The summed E-state index contributed by atoms with van der Waals surface area (Å²) in [5, 5.41) is 9.45. The van der Waals surface area contributed by atoms with Gasteiger partial charge in [-0.25, -0.2) is 9.78 Å². The van der Waals surface area contributed by atoms with Crippen molar-refractivity contribution < 1.29 is 9.53 Å². The van der Waals surface area contributed by atoms with Gasteiger partial charge < -0.3 is 4.74 Å². The maximum absolute atomic E-state index is 12.7. The van der Waals surface area contributed by atoms with Gasteiger partial charge in [-0.15, -0.1) is 11.3 Å². The quantitative estimate of drug-likeness (QED) is 0.666. The van der Waals surface area contributed by atoms with Gasteiger partial charge in [0.05, 0.1) is 17.0 Å². The van der Waals surface area contributed by atoms with Crippen LogP contribution in [0.5, 0.6) is 0 Å². The Kier molecular flexibility index (Phi) is 4.05. The molecule has 26 heavy (non-hydrogen) atoms. The maximum Gasteiger partial charge on any atom is 0.349 e. The van der Waals surface area contributed by atoms with Gasteiger partial charge in [-0.1, -0.05) is 12.1 Å². The highest BCUT2D eigenvalue weighted by atomic mass is 32.1. The van der Waals surface area contributed by atoms with E-state index in [9.17, 15) is 9.59 Å². The summed E-state index contributed by atoms with van der Waals surface area (Å²) in [7, 11) is 0. The van der Waals surface area contributed by atoms with Gasteiger partial charge in [-0.05, 0) is 36.6 Å². The number of aromatic nitrogens is 2. The van der Waals surface area contributed by atoms with E-state index in [1.54, 1.807) is 35.8 Å². The molecule has 7 heteroatoms. The van der Waals surface area contributed by atoms with E-state index in [2.05, 4.69) is 11.1 Å². The Morgan fingerprint density at radius 2 is 2.31 bits per heavy atom. The number of thiophene rings is 1. The van der Waals surface area contributed by atoms with E-state index >= 15 is 0 Å². The lowest BCUT2D eigenvalue weighted by molar-refractivity contribution is 0.0478. The monoisotopic (exact) mass is 365 g/mol. The number of carbonyl (C=O) groups is 1. The van der Waals surface area contributed by atoms with Crippen molar-refractivity contribution in [2.45, 2.75) is 32.9 Å². The lowest BCUT2D eigenvalue weighted by Crippen LogP contribution is -2.20. The van der Waals surface area contributed by atoms with Crippen LogP contribution in [0.2, 0.25) is 0 Å². The van der Waals surface area contributed by atoms with Gasteiger partial charge in [0, 0.05) is 13.0 Å². The van der Waals surface area contributed by atoms with Crippen molar-refractivity contribution in [3.05, 3.63) is 62.0 Å². The summed E-state index contributed by atoms with van der Waals surface area (Å²) in [5.74, 6) is 0.314. The van der Waals surface area contributed by atoms with Crippen molar-refractivity contribution >= 4 is 27.5 Å². The van der Waals surface area contributed by atoms with Gasteiger partial charge in [0.1, 0.15) is 22.1 Å². The van der Waals surface area contributed by atoms with E-state index in [0.29, 0.717) is 32.8 Å². The molecule has 0 amide bonds. The zero-order chi connectivity index (χ0) is 18.3. The fourth-order valence-electron chi connectivity index (χ4n) is 3.22. The molecule has 3 heterocycles. The Hall–Kier alpha value is -2.98. The van der Waals surface area contributed by atoms with Crippen molar-refractivity contribution in [3.8, 4) is 6.07 Å². The van der Waals surface area contributed by atoms with Crippen molar-refractivity contribution in [1.29, 1.82) is 5.26 Å². The second-order valence-electron chi connectivity index (χ2n) is 6.21. The van der Waals surface area contributed by atoms with Gasteiger partial charge in [0.15, 0.2) is 0 Å². The lowest BCUT2D eigenvalue weighted by Gasteiger charge is -2.04. The first-order valence-electron chi connectivity index (χ1n) is 8.27. The topological polar surface area (TPSA) is 85.0 Å². The van der Waals surface area contributed by atoms with Crippen LogP contribution in [0.3, 0.4) is 0 Å². The molecule has 0 saturated heterocycles. The predicted octanol–water partition coefficient (Wildman–Crippen LogP) is 2.94. The third-order valence-electron chi connectivity index (χ3n) is 4.52. The van der Waals surface area contributed by atoms with Crippen molar-refractivity contribution in [2.75, 3.05) is 0 Å². The van der Waals surface area contributed by atoms with Crippen LogP contribution in [0, 0.1) is 18.3 Å². The summed E-state index contributed by atoms with van der Waals surface area (Å²) in [5.41, 5.74) is 1.81. The zero-order valence-corrected chi connectivity index (χ0v) is 14.9. The SMILES string of the molecule is Cc1c(C(=O)OCc2cccc(C#N)c2)sc2nc3n(c(=O)c12)CCC3. The van der Waals surface area contributed by atoms with Gasteiger partial charge in [0.2, 0.25) is 0 Å². The van der Waals surface area contributed by atoms with Gasteiger partial charge in [-0.2, -0.15) is 5.26 Å². The molecule has 0 radical (unpaired) electrons. The Labute approximate surface area is 153 Å². The second-order valence-corrected chi connectivity index (χ2v) is 7.21. The van der Waals surface area contributed by atoms with E-state index < -0.39 is 5.97 Å². The molecule has 3 aromatic rings. The molecule has 0 saturated carbocycles. The number of nitriles is 1. The number of hydrogen-bond acceptors (Lipinski definition) is 6. The minimum Gasteiger partial charge on any atom is -0.457 e. The molecule has 4 rings (SSSR count). The Morgan fingerprint density at radius 3 is 3.12 bits per heavy atom. The molecule has 1 aliphatic rings.